The van der Waals surface area contributed by atoms with E-state index in [1.807, 2.05) is 0 Å². The number of carbonyl (C=O) groups excluding carboxylic acids is 1. The van der Waals surface area contributed by atoms with Gasteiger partial charge in [-0.3, -0.25) is 9.69 Å². The number of nitrogens with zero attached hydrogens (tertiary/aromatic N) is 2. The van der Waals surface area contributed by atoms with Crippen LogP contribution in [-0.4, -0.2) is 72.4 Å². The van der Waals surface area contributed by atoms with E-state index in [1.54, 1.807) is 17.0 Å². The van der Waals surface area contributed by atoms with Crippen LogP contribution in [0.3, 0.4) is 0 Å². The number of aliphatic hydroxyl groups excluding tert-OH is 1. The van der Waals surface area contributed by atoms with Gasteiger partial charge >= 0.3 is 0 Å². The van der Waals surface area contributed by atoms with Gasteiger partial charge in [-0.15, -0.1) is 0 Å². The van der Waals surface area contributed by atoms with Gasteiger partial charge in [-0.1, -0.05) is 0 Å². The van der Waals surface area contributed by atoms with Gasteiger partial charge in [0.05, 0.1) is 12.2 Å². The van der Waals surface area contributed by atoms with Gasteiger partial charge in [0.1, 0.15) is 0 Å². The lowest BCUT2D eigenvalue weighted by Gasteiger charge is -2.37. The Bertz CT molecular complexity index is 569. The molecule has 2 saturated heterocycles. The molecule has 0 saturated carbocycles. The number of halogens is 1. The molecule has 3 heterocycles. The maximum atomic E-state index is 12.5. The summed E-state index contributed by atoms with van der Waals surface area (Å²) < 4.78 is 11.0. The Labute approximate surface area is 147 Å². The fourth-order valence-corrected chi connectivity index (χ4v) is 4.01. The standard InChI is InChI=1S/C17H25ClN2O4/c1-11-5-19(6-12(2)23-11)7-13-8-20(9-14(13)10-21)17(22)15-3-4-16(18)24-15/h3-4,11-14,21H,5-10H2,1-2H3/t11-,12+,13-,14-/m0/s1. The molecule has 7 heteroatoms. The van der Waals surface area contributed by atoms with Crippen LogP contribution in [0.1, 0.15) is 24.4 Å². The van der Waals surface area contributed by atoms with Gasteiger partial charge in [-0.25, -0.2) is 0 Å². The van der Waals surface area contributed by atoms with Crippen molar-refractivity contribution < 1.29 is 19.1 Å². The zero-order valence-corrected chi connectivity index (χ0v) is 14.9. The van der Waals surface area contributed by atoms with Gasteiger partial charge < -0.3 is 19.2 Å². The molecule has 1 aromatic heterocycles. The third kappa shape index (κ3) is 3.94. The van der Waals surface area contributed by atoms with Crippen molar-refractivity contribution in [2.75, 3.05) is 39.3 Å². The number of hydrogen-bond donors (Lipinski definition) is 1. The minimum Gasteiger partial charge on any atom is -0.440 e. The Morgan fingerprint density at radius 2 is 1.88 bits per heavy atom. The molecule has 0 unspecified atom stereocenters. The van der Waals surface area contributed by atoms with E-state index in [9.17, 15) is 9.90 Å². The molecule has 2 fully saturated rings. The summed E-state index contributed by atoms with van der Waals surface area (Å²) in [6.07, 6.45) is 0.427. The number of hydrogen-bond acceptors (Lipinski definition) is 5. The van der Waals surface area contributed by atoms with Crippen molar-refractivity contribution in [1.82, 2.24) is 9.80 Å². The van der Waals surface area contributed by atoms with Crippen LogP contribution in [0, 0.1) is 11.8 Å². The summed E-state index contributed by atoms with van der Waals surface area (Å²) in [4.78, 5) is 16.7. The van der Waals surface area contributed by atoms with Crippen molar-refractivity contribution in [2.45, 2.75) is 26.1 Å². The summed E-state index contributed by atoms with van der Waals surface area (Å²) in [5, 5.41) is 9.93. The molecule has 6 nitrogen and oxygen atoms in total. The van der Waals surface area contributed by atoms with E-state index >= 15 is 0 Å². The molecule has 3 rings (SSSR count). The smallest absolute Gasteiger partial charge is 0.289 e. The van der Waals surface area contributed by atoms with E-state index in [0.29, 0.717) is 13.1 Å². The second-order valence-corrected chi connectivity index (χ2v) is 7.37. The first-order chi connectivity index (χ1) is 11.5. The zero-order chi connectivity index (χ0) is 17.3. The summed E-state index contributed by atoms with van der Waals surface area (Å²) in [6, 6.07) is 3.17. The molecule has 0 bridgehead atoms. The highest BCUT2D eigenvalue weighted by molar-refractivity contribution is 6.29. The van der Waals surface area contributed by atoms with Crippen LogP contribution < -0.4 is 0 Å². The molecule has 24 heavy (non-hydrogen) atoms. The molecule has 0 aromatic carbocycles. The van der Waals surface area contributed by atoms with Crippen molar-refractivity contribution in [3.8, 4) is 0 Å². The molecule has 1 aromatic rings. The fraction of sp³-hybridized carbons (Fsp3) is 0.706. The lowest BCUT2D eigenvalue weighted by atomic mass is 9.96. The highest BCUT2D eigenvalue weighted by atomic mass is 35.5. The number of likely N-dealkylation sites (tertiary alicyclic amines) is 1. The van der Waals surface area contributed by atoms with Crippen LogP contribution in [0.4, 0.5) is 0 Å². The first-order valence-corrected chi connectivity index (χ1v) is 8.87. The van der Waals surface area contributed by atoms with E-state index in [1.165, 1.54) is 0 Å². The van der Waals surface area contributed by atoms with Crippen LogP contribution >= 0.6 is 11.6 Å². The average molecular weight is 357 g/mol. The molecule has 2 aliphatic heterocycles. The van der Waals surface area contributed by atoms with Crippen LogP contribution in [-0.2, 0) is 4.74 Å². The highest BCUT2D eigenvalue weighted by Gasteiger charge is 2.37. The number of aliphatic hydroxyl groups is 1. The lowest BCUT2D eigenvalue weighted by molar-refractivity contribution is -0.0726. The fourth-order valence-electron chi connectivity index (χ4n) is 3.87. The monoisotopic (exact) mass is 356 g/mol. The molecule has 2 aliphatic rings. The van der Waals surface area contributed by atoms with Crippen LogP contribution in [0.25, 0.3) is 0 Å². The maximum absolute atomic E-state index is 12.5. The summed E-state index contributed by atoms with van der Waals surface area (Å²) in [6.45, 7) is 8.07. The number of furan rings is 1. The predicted octanol–water partition coefficient (Wildman–Crippen LogP) is 1.72. The molecule has 1 amide bonds. The number of amides is 1. The molecule has 0 aliphatic carbocycles. The summed E-state index contributed by atoms with van der Waals surface area (Å²) in [5.74, 6) is 0.437. The Morgan fingerprint density at radius 3 is 2.46 bits per heavy atom. The molecule has 134 valence electrons. The molecule has 0 radical (unpaired) electrons. The second-order valence-electron chi connectivity index (χ2n) is 6.99. The summed E-state index contributed by atoms with van der Waals surface area (Å²) in [7, 11) is 0. The van der Waals surface area contributed by atoms with Gasteiger partial charge in [0.15, 0.2) is 11.0 Å². The Balaban J connectivity index is 1.63. The molecule has 1 N–H and O–H groups in total. The Morgan fingerprint density at radius 1 is 1.21 bits per heavy atom. The molecular formula is C17H25ClN2O4. The topological polar surface area (TPSA) is 66.2 Å². The largest absolute Gasteiger partial charge is 0.440 e. The first kappa shape index (κ1) is 17.7. The lowest BCUT2D eigenvalue weighted by Crippen LogP contribution is -2.48. The Hall–Kier alpha value is -1.08. The number of morpholine rings is 1. The van der Waals surface area contributed by atoms with Gasteiger partial charge in [0, 0.05) is 45.2 Å². The number of rotatable bonds is 4. The van der Waals surface area contributed by atoms with E-state index in [0.717, 1.165) is 19.6 Å². The normalized spacial score (nSPS) is 31.6. The van der Waals surface area contributed by atoms with E-state index in [-0.39, 0.29) is 47.5 Å². The highest BCUT2D eigenvalue weighted by Crippen LogP contribution is 2.27. The third-order valence-electron chi connectivity index (χ3n) is 4.87. The maximum Gasteiger partial charge on any atom is 0.289 e. The van der Waals surface area contributed by atoms with Gasteiger partial charge in [0.2, 0.25) is 0 Å². The van der Waals surface area contributed by atoms with Gasteiger partial charge in [-0.2, -0.15) is 0 Å². The van der Waals surface area contributed by atoms with Crippen LogP contribution in [0.2, 0.25) is 5.22 Å². The third-order valence-corrected chi connectivity index (χ3v) is 5.07. The first-order valence-electron chi connectivity index (χ1n) is 8.49. The van der Waals surface area contributed by atoms with E-state index < -0.39 is 0 Å². The van der Waals surface area contributed by atoms with E-state index in [2.05, 4.69) is 18.7 Å². The van der Waals surface area contributed by atoms with Crippen LogP contribution in [0.5, 0.6) is 0 Å². The number of carbonyl (C=O) groups is 1. The van der Waals surface area contributed by atoms with Crippen LogP contribution in [0.15, 0.2) is 16.5 Å². The predicted molar refractivity (Wildman–Crippen MR) is 90.1 cm³/mol. The minimum atomic E-state index is -0.161. The number of ether oxygens (including phenoxy) is 1. The van der Waals surface area contributed by atoms with Crippen molar-refractivity contribution in [3.63, 3.8) is 0 Å². The molecular weight excluding hydrogens is 332 g/mol. The van der Waals surface area contributed by atoms with Gasteiger partial charge in [0.25, 0.3) is 5.91 Å². The zero-order valence-electron chi connectivity index (χ0n) is 14.2. The minimum absolute atomic E-state index is 0.0861. The van der Waals surface area contributed by atoms with E-state index in [4.69, 9.17) is 20.8 Å². The van der Waals surface area contributed by atoms with Crippen molar-refractivity contribution in [2.24, 2.45) is 11.8 Å². The molecule has 0 spiro atoms. The quantitative estimate of drug-likeness (QED) is 0.889. The summed E-state index contributed by atoms with van der Waals surface area (Å²) in [5.41, 5.74) is 0. The van der Waals surface area contributed by atoms with Gasteiger partial charge in [-0.05, 0) is 43.5 Å². The Kier molecular flexibility index (Phi) is 5.49. The molecule has 4 atom stereocenters. The van der Waals surface area contributed by atoms with Crippen molar-refractivity contribution >= 4 is 17.5 Å². The SMILES string of the molecule is C[C@@H]1CN(C[C@H]2CN(C(=O)c3ccc(Cl)o3)C[C@H]2CO)C[C@H](C)O1. The second kappa shape index (κ2) is 7.44. The van der Waals surface area contributed by atoms with Crippen molar-refractivity contribution in [3.05, 3.63) is 23.1 Å². The summed E-state index contributed by atoms with van der Waals surface area (Å²) >= 11 is 5.76. The average Bonchev–Trinajstić information content (AvgIpc) is 3.12. The van der Waals surface area contributed by atoms with Crippen molar-refractivity contribution in [1.29, 1.82) is 0 Å².